The van der Waals surface area contributed by atoms with Crippen LogP contribution in [0.5, 0.6) is 0 Å². The number of hydrogen-bond acceptors (Lipinski definition) is 3. The summed E-state index contributed by atoms with van der Waals surface area (Å²) >= 11 is 3.29. The Morgan fingerprint density at radius 3 is 2.83 bits per heavy atom. The number of nitrogen functional groups attached to an aromatic ring is 1. The van der Waals surface area contributed by atoms with Crippen LogP contribution < -0.4 is 5.73 Å². The molecule has 18 heavy (non-hydrogen) atoms. The molecule has 0 spiro atoms. The van der Waals surface area contributed by atoms with Gasteiger partial charge in [-0.15, -0.1) is 0 Å². The summed E-state index contributed by atoms with van der Waals surface area (Å²) in [6.07, 6.45) is 0. The molecule has 0 fully saturated rings. The predicted octanol–water partition coefficient (Wildman–Crippen LogP) is 3.98. The van der Waals surface area contributed by atoms with Crippen LogP contribution in [0.15, 0.2) is 45.3 Å². The lowest BCUT2D eigenvalue weighted by Gasteiger charge is -1.98. The number of nitrogens with zero attached hydrogens (tertiary/aromatic N) is 1. The summed E-state index contributed by atoms with van der Waals surface area (Å²) in [5.41, 5.74) is 7.76. The van der Waals surface area contributed by atoms with Crippen LogP contribution in [-0.4, -0.2) is 4.98 Å². The number of aromatic nitrogens is 1. The molecular formula is C13H8BrFN2O. The summed E-state index contributed by atoms with van der Waals surface area (Å²) in [4.78, 5) is 4.24. The number of halogens is 2. The van der Waals surface area contributed by atoms with Crippen LogP contribution >= 0.6 is 15.9 Å². The van der Waals surface area contributed by atoms with Gasteiger partial charge in [0.15, 0.2) is 5.58 Å². The van der Waals surface area contributed by atoms with Crippen LogP contribution in [0.3, 0.4) is 0 Å². The normalized spacial score (nSPS) is 11.0. The predicted molar refractivity (Wildman–Crippen MR) is 71.5 cm³/mol. The van der Waals surface area contributed by atoms with Crippen molar-refractivity contribution >= 4 is 32.7 Å². The largest absolute Gasteiger partial charge is 0.436 e. The molecule has 1 heterocycles. The van der Waals surface area contributed by atoms with E-state index in [0.29, 0.717) is 22.4 Å². The van der Waals surface area contributed by atoms with Crippen molar-refractivity contribution in [2.45, 2.75) is 0 Å². The fraction of sp³-hybridized carbons (Fsp3) is 0. The van der Waals surface area contributed by atoms with Crippen molar-refractivity contribution in [2.75, 3.05) is 5.73 Å². The van der Waals surface area contributed by atoms with E-state index < -0.39 is 0 Å². The van der Waals surface area contributed by atoms with Crippen LogP contribution in [-0.2, 0) is 0 Å². The van der Waals surface area contributed by atoms with E-state index in [0.717, 1.165) is 4.47 Å². The Bertz CT molecular complexity index is 739. The monoisotopic (exact) mass is 306 g/mol. The van der Waals surface area contributed by atoms with Crippen LogP contribution in [0.25, 0.3) is 22.6 Å². The Morgan fingerprint density at radius 2 is 2.00 bits per heavy atom. The van der Waals surface area contributed by atoms with Crippen LogP contribution in [0.1, 0.15) is 0 Å². The van der Waals surface area contributed by atoms with Gasteiger partial charge in [-0.25, -0.2) is 9.37 Å². The average Bonchev–Trinajstić information content (AvgIpc) is 2.74. The van der Waals surface area contributed by atoms with E-state index in [2.05, 4.69) is 20.9 Å². The third-order valence-electron chi connectivity index (χ3n) is 2.57. The number of hydrogen-bond donors (Lipinski definition) is 1. The second-order valence-electron chi connectivity index (χ2n) is 3.87. The minimum Gasteiger partial charge on any atom is -0.436 e. The second kappa shape index (κ2) is 4.10. The van der Waals surface area contributed by atoms with E-state index >= 15 is 0 Å². The molecule has 3 nitrogen and oxygen atoms in total. The molecule has 2 N–H and O–H groups in total. The van der Waals surface area contributed by atoms with E-state index in [4.69, 9.17) is 10.2 Å². The van der Waals surface area contributed by atoms with Crippen LogP contribution in [0, 0.1) is 5.82 Å². The molecule has 0 bridgehead atoms. The highest BCUT2D eigenvalue weighted by Crippen LogP contribution is 2.29. The Morgan fingerprint density at radius 1 is 1.17 bits per heavy atom. The quantitative estimate of drug-likeness (QED) is 0.692. The van der Waals surface area contributed by atoms with Gasteiger partial charge in [0.05, 0.1) is 5.56 Å². The van der Waals surface area contributed by atoms with Gasteiger partial charge in [-0.1, -0.05) is 15.9 Å². The first-order chi connectivity index (χ1) is 8.63. The lowest BCUT2D eigenvalue weighted by molar-refractivity contribution is 0.593. The zero-order valence-electron chi connectivity index (χ0n) is 9.15. The van der Waals surface area contributed by atoms with Gasteiger partial charge in [-0.05, 0) is 30.3 Å². The first-order valence-electron chi connectivity index (χ1n) is 5.25. The molecule has 5 heteroatoms. The summed E-state index contributed by atoms with van der Waals surface area (Å²) in [5, 5.41) is 0. The standard InChI is InChI=1S/C13H8BrFN2O/c14-7-1-3-10(15)9(5-7)13-17-11-4-2-8(16)6-12(11)18-13/h1-6H,16H2. The molecule has 3 rings (SSSR count). The van der Waals surface area contributed by atoms with Gasteiger partial charge in [0.1, 0.15) is 11.3 Å². The fourth-order valence-corrected chi connectivity index (χ4v) is 2.08. The smallest absolute Gasteiger partial charge is 0.230 e. The van der Waals surface area contributed by atoms with E-state index in [1.165, 1.54) is 6.07 Å². The highest BCUT2D eigenvalue weighted by atomic mass is 79.9. The van der Waals surface area contributed by atoms with Crippen molar-refractivity contribution in [1.29, 1.82) is 0 Å². The van der Waals surface area contributed by atoms with E-state index in [9.17, 15) is 4.39 Å². The van der Waals surface area contributed by atoms with E-state index in [1.54, 1.807) is 30.3 Å². The molecule has 0 aliphatic carbocycles. The average molecular weight is 307 g/mol. The van der Waals surface area contributed by atoms with Gasteiger partial charge < -0.3 is 10.2 Å². The van der Waals surface area contributed by atoms with Crippen molar-refractivity contribution in [3.63, 3.8) is 0 Å². The SMILES string of the molecule is Nc1ccc2nc(-c3cc(Br)ccc3F)oc2c1. The third-order valence-corrected chi connectivity index (χ3v) is 3.06. The maximum atomic E-state index is 13.7. The minimum absolute atomic E-state index is 0.245. The van der Waals surface area contributed by atoms with Gasteiger partial charge in [0, 0.05) is 16.2 Å². The summed E-state index contributed by atoms with van der Waals surface area (Å²) < 4.78 is 20.0. The van der Waals surface area contributed by atoms with E-state index in [-0.39, 0.29) is 11.7 Å². The summed E-state index contributed by atoms with van der Waals surface area (Å²) in [6.45, 7) is 0. The van der Waals surface area contributed by atoms with Gasteiger partial charge in [0.2, 0.25) is 5.89 Å². The summed E-state index contributed by atoms with van der Waals surface area (Å²) in [7, 11) is 0. The zero-order valence-corrected chi connectivity index (χ0v) is 10.7. The zero-order chi connectivity index (χ0) is 12.7. The van der Waals surface area contributed by atoms with Gasteiger partial charge in [0.25, 0.3) is 0 Å². The number of benzene rings is 2. The minimum atomic E-state index is -0.377. The van der Waals surface area contributed by atoms with E-state index in [1.807, 2.05) is 0 Å². The number of oxazole rings is 1. The Labute approximate surface area is 111 Å². The molecule has 0 aliphatic heterocycles. The maximum Gasteiger partial charge on any atom is 0.230 e. The highest BCUT2D eigenvalue weighted by molar-refractivity contribution is 9.10. The van der Waals surface area contributed by atoms with Crippen LogP contribution in [0.4, 0.5) is 10.1 Å². The first kappa shape index (κ1) is 11.2. The topological polar surface area (TPSA) is 52.0 Å². The molecular weight excluding hydrogens is 299 g/mol. The van der Waals surface area contributed by atoms with Crippen molar-refractivity contribution in [1.82, 2.24) is 4.98 Å². The second-order valence-corrected chi connectivity index (χ2v) is 4.79. The molecule has 0 radical (unpaired) electrons. The van der Waals surface area contributed by atoms with Gasteiger partial charge >= 0.3 is 0 Å². The number of fused-ring (bicyclic) bond motifs is 1. The lowest BCUT2D eigenvalue weighted by Crippen LogP contribution is -1.84. The Hall–Kier alpha value is -1.88. The summed E-state index contributed by atoms with van der Waals surface area (Å²) in [6, 6.07) is 9.76. The molecule has 0 unspecified atom stereocenters. The molecule has 90 valence electrons. The molecule has 1 aromatic heterocycles. The first-order valence-corrected chi connectivity index (χ1v) is 6.04. The Kier molecular flexibility index (Phi) is 2.56. The molecule has 3 aromatic rings. The van der Waals surface area contributed by atoms with Gasteiger partial charge in [-0.2, -0.15) is 0 Å². The number of rotatable bonds is 1. The summed E-state index contributed by atoms with van der Waals surface area (Å²) in [5.74, 6) is -0.132. The number of anilines is 1. The van der Waals surface area contributed by atoms with Crippen molar-refractivity contribution in [3.05, 3.63) is 46.7 Å². The molecule has 0 aliphatic rings. The lowest BCUT2D eigenvalue weighted by atomic mass is 10.2. The highest BCUT2D eigenvalue weighted by Gasteiger charge is 2.13. The van der Waals surface area contributed by atoms with Crippen molar-refractivity contribution in [3.8, 4) is 11.5 Å². The molecule has 0 atom stereocenters. The number of nitrogens with two attached hydrogens (primary N) is 1. The Balaban J connectivity index is 2.22. The molecule has 0 saturated heterocycles. The molecule has 0 saturated carbocycles. The van der Waals surface area contributed by atoms with Crippen molar-refractivity contribution in [2.24, 2.45) is 0 Å². The van der Waals surface area contributed by atoms with Crippen molar-refractivity contribution < 1.29 is 8.81 Å². The molecule has 2 aromatic carbocycles. The maximum absolute atomic E-state index is 13.7. The van der Waals surface area contributed by atoms with Crippen LogP contribution in [0.2, 0.25) is 0 Å². The molecule has 0 amide bonds. The van der Waals surface area contributed by atoms with Gasteiger partial charge in [-0.3, -0.25) is 0 Å². The fourth-order valence-electron chi connectivity index (χ4n) is 1.72. The third kappa shape index (κ3) is 1.86.